The Morgan fingerprint density at radius 3 is 2.70 bits per heavy atom. The van der Waals surface area contributed by atoms with Gasteiger partial charge in [-0.15, -0.1) is 0 Å². The van der Waals surface area contributed by atoms with Crippen molar-refractivity contribution in [1.82, 2.24) is 10.2 Å². The first-order valence-corrected chi connectivity index (χ1v) is 8.69. The van der Waals surface area contributed by atoms with Crippen LogP contribution in [-0.2, 0) is 4.74 Å². The molecule has 0 bridgehead atoms. The Kier molecular flexibility index (Phi) is 4.40. The lowest BCUT2D eigenvalue weighted by atomic mass is 9.84. The summed E-state index contributed by atoms with van der Waals surface area (Å²) in [5.41, 5.74) is 0.339. The summed E-state index contributed by atoms with van der Waals surface area (Å²) >= 11 is 0. The van der Waals surface area contributed by atoms with Crippen molar-refractivity contribution in [2.45, 2.75) is 82.5 Å². The van der Waals surface area contributed by atoms with Crippen LogP contribution in [0.4, 0.5) is 0 Å². The van der Waals surface area contributed by atoms with Gasteiger partial charge in [-0.25, -0.2) is 0 Å². The molecule has 0 aromatic heterocycles. The molecule has 1 N–H and O–H groups in total. The van der Waals surface area contributed by atoms with Gasteiger partial charge in [-0.1, -0.05) is 6.92 Å². The summed E-state index contributed by atoms with van der Waals surface area (Å²) in [5, 5.41) is 3.84. The molecule has 3 rings (SSSR count). The van der Waals surface area contributed by atoms with Gasteiger partial charge in [0.1, 0.15) is 0 Å². The summed E-state index contributed by atoms with van der Waals surface area (Å²) in [7, 11) is 1.89. The van der Waals surface area contributed by atoms with Gasteiger partial charge in [-0.2, -0.15) is 0 Å². The van der Waals surface area contributed by atoms with Crippen LogP contribution in [0.1, 0.15) is 58.8 Å². The third-order valence-electron chi connectivity index (χ3n) is 6.16. The Morgan fingerprint density at radius 2 is 2.05 bits per heavy atom. The largest absolute Gasteiger partial charge is 0.381 e. The van der Waals surface area contributed by atoms with E-state index < -0.39 is 0 Å². The molecule has 116 valence electrons. The van der Waals surface area contributed by atoms with Crippen LogP contribution in [0.25, 0.3) is 0 Å². The maximum atomic E-state index is 5.66. The normalized spacial score (nSPS) is 43.6. The fraction of sp³-hybridized carbons (Fsp3) is 1.00. The van der Waals surface area contributed by atoms with Crippen molar-refractivity contribution in [3.63, 3.8) is 0 Å². The number of nitrogens with zero attached hydrogens (tertiary/aromatic N) is 1. The first kappa shape index (κ1) is 14.8. The van der Waals surface area contributed by atoms with E-state index in [9.17, 15) is 0 Å². The molecular formula is C17H32N2O. The van der Waals surface area contributed by atoms with Crippen LogP contribution in [-0.4, -0.2) is 48.8 Å². The summed E-state index contributed by atoms with van der Waals surface area (Å²) in [6.07, 6.45) is 9.82. The van der Waals surface area contributed by atoms with Crippen LogP contribution in [0, 0.1) is 5.92 Å². The molecule has 3 heteroatoms. The molecule has 0 radical (unpaired) electrons. The highest BCUT2D eigenvalue weighted by molar-refractivity contribution is 5.02. The van der Waals surface area contributed by atoms with Gasteiger partial charge >= 0.3 is 0 Å². The van der Waals surface area contributed by atoms with E-state index >= 15 is 0 Å². The quantitative estimate of drug-likeness (QED) is 0.857. The molecule has 1 saturated heterocycles. The van der Waals surface area contributed by atoms with Crippen LogP contribution in [0.15, 0.2) is 0 Å². The first-order chi connectivity index (χ1) is 9.66. The minimum absolute atomic E-state index is 0.339. The van der Waals surface area contributed by atoms with Crippen LogP contribution in [0.5, 0.6) is 0 Å². The molecule has 1 aliphatic heterocycles. The Balaban J connectivity index is 1.71. The van der Waals surface area contributed by atoms with Gasteiger partial charge in [0.15, 0.2) is 0 Å². The van der Waals surface area contributed by atoms with E-state index in [-0.39, 0.29) is 0 Å². The Labute approximate surface area is 124 Å². The Morgan fingerprint density at radius 1 is 1.25 bits per heavy atom. The van der Waals surface area contributed by atoms with Crippen molar-refractivity contribution in [2.75, 3.05) is 20.2 Å². The fourth-order valence-corrected chi connectivity index (χ4v) is 4.30. The molecule has 1 heterocycles. The van der Waals surface area contributed by atoms with Crippen molar-refractivity contribution in [1.29, 1.82) is 0 Å². The topological polar surface area (TPSA) is 24.5 Å². The molecule has 4 unspecified atom stereocenters. The lowest BCUT2D eigenvalue weighted by molar-refractivity contribution is -0.0376. The maximum Gasteiger partial charge on any atom is 0.0586 e. The zero-order valence-corrected chi connectivity index (χ0v) is 13.5. The van der Waals surface area contributed by atoms with Crippen LogP contribution in [0.2, 0.25) is 0 Å². The van der Waals surface area contributed by atoms with Crippen molar-refractivity contribution in [2.24, 2.45) is 5.92 Å². The van der Waals surface area contributed by atoms with Gasteiger partial charge in [0.25, 0.3) is 0 Å². The first-order valence-electron chi connectivity index (χ1n) is 8.69. The van der Waals surface area contributed by atoms with Gasteiger partial charge in [-0.3, -0.25) is 4.90 Å². The highest BCUT2D eigenvalue weighted by Gasteiger charge is 2.44. The van der Waals surface area contributed by atoms with Gasteiger partial charge in [-0.05, 0) is 57.8 Å². The smallest absolute Gasteiger partial charge is 0.0586 e. The molecular weight excluding hydrogens is 248 g/mol. The summed E-state index contributed by atoms with van der Waals surface area (Å²) < 4.78 is 5.66. The van der Waals surface area contributed by atoms with Gasteiger partial charge in [0.05, 0.1) is 6.10 Å². The van der Waals surface area contributed by atoms with Gasteiger partial charge in [0, 0.05) is 37.8 Å². The number of rotatable bonds is 4. The SMILES string of the molecule is CCC1(C)CNC(C2CC2)CN1C1CCCC(OC)C1. The molecule has 20 heavy (non-hydrogen) atoms. The minimum Gasteiger partial charge on any atom is -0.381 e. The second-order valence-electron chi connectivity index (χ2n) is 7.51. The molecule has 3 aliphatic rings. The van der Waals surface area contributed by atoms with Crippen molar-refractivity contribution >= 4 is 0 Å². The Hall–Kier alpha value is -0.120. The second kappa shape index (κ2) is 5.94. The van der Waals surface area contributed by atoms with Crippen LogP contribution in [0.3, 0.4) is 0 Å². The van der Waals surface area contributed by atoms with E-state index in [1.807, 2.05) is 7.11 Å². The fourth-order valence-electron chi connectivity index (χ4n) is 4.30. The zero-order chi connectivity index (χ0) is 14.2. The summed E-state index contributed by atoms with van der Waals surface area (Å²) in [6.45, 7) is 7.23. The van der Waals surface area contributed by atoms with Gasteiger partial charge < -0.3 is 10.1 Å². The second-order valence-corrected chi connectivity index (χ2v) is 7.51. The number of methoxy groups -OCH3 is 1. The Bertz CT molecular complexity index is 331. The molecule has 0 amide bonds. The minimum atomic E-state index is 0.339. The summed E-state index contributed by atoms with van der Waals surface area (Å²) in [6, 6.07) is 1.49. The van der Waals surface area contributed by atoms with Crippen LogP contribution < -0.4 is 5.32 Å². The molecule has 2 saturated carbocycles. The predicted molar refractivity (Wildman–Crippen MR) is 83.0 cm³/mol. The van der Waals surface area contributed by atoms with E-state index in [1.165, 1.54) is 58.0 Å². The maximum absolute atomic E-state index is 5.66. The molecule has 4 atom stereocenters. The zero-order valence-electron chi connectivity index (χ0n) is 13.5. The number of piperazine rings is 1. The van der Waals surface area contributed by atoms with Crippen molar-refractivity contribution in [3.05, 3.63) is 0 Å². The summed E-state index contributed by atoms with van der Waals surface area (Å²) in [5.74, 6) is 0.959. The summed E-state index contributed by atoms with van der Waals surface area (Å²) in [4.78, 5) is 2.86. The third kappa shape index (κ3) is 2.90. The molecule has 3 nitrogen and oxygen atoms in total. The molecule has 0 spiro atoms. The van der Waals surface area contributed by atoms with E-state index in [0.717, 1.165) is 18.0 Å². The van der Waals surface area contributed by atoms with Crippen molar-refractivity contribution < 1.29 is 4.74 Å². The van der Waals surface area contributed by atoms with Gasteiger partial charge in [0.2, 0.25) is 0 Å². The highest BCUT2D eigenvalue weighted by atomic mass is 16.5. The van der Waals surface area contributed by atoms with E-state index in [1.54, 1.807) is 0 Å². The van der Waals surface area contributed by atoms with Crippen LogP contribution >= 0.6 is 0 Å². The number of hydrogen-bond acceptors (Lipinski definition) is 3. The lowest BCUT2D eigenvalue weighted by Gasteiger charge is -2.53. The molecule has 0 aromatic rings. The molecule has 0 aromatic carbocycles. The number of hydrogen-bond donors (Lipinski definition) is 1. The van der Waals surface area contributed by atoms with E-state index in [4.69, 9.17) is 4.74 Å². The highest BCUT2D eigenvalue weighted by Crippen LogP contribution is 2.39. The van der Waals surface area contributed by atoms with E-state index in [2.05, 4.69) is 24.1 Å². The third-order valence-corrected chi connectivity index (χ3v) is 6.16. The number of nitrogens with one attached hydrogen (secondary N) is 1. The lowest BCUT2D eigenvalue weighted by Crippen LogP contribution is -2.66. The average molecular weight is 280 g/mol. The number of ether oxygens (including phenoxy) is 1. The predicted octanol–water partition coefficient (Wildman–Crippen LogP) is 2.80. The van der Waals surface area contributed by atoms with Crippen molar-refractivity contribution in [3.8, 4) is 0 Å². The van der Waals surface area contributed by atoms with E-state index in [0.29, 0.717) is 11.6 Å². The standard InChI is InChI=1S/C17H32N2O/c1-4-17(2)12-18-16(13-8-9-13)11-19(17)14-6-5-7-15(10-14)20-3/h13-16,18H,4-12H2,1-3H3. The molecule has 3 fully saturated rings. The average Bonchev–Trinajstić information content (AvgIpc) is 3.32. The molecule has 2 aliphatic carbocycles. The monoisotopic (exact) mass is 280 g/mol.